The average molecular weight is 367 g/mol. The highest BCUT2D eigenvalue weighted by atomic mass is 35.5. The van der Waals surface area contributed by atoms with Crippen molar-refractivity contribution in [1.29, 1.82) is 0 Å². The molecule has 0 spiro atoms. The molecule has 0 saturated carbocycles. The molecule has 0 saturated heterocycles. The summed E-state index contributed by atoms with van der Waals surface area (Å²) in [4.78, 5) is 22.6. The van der Waals surface area contributed by atoms with Gasteiger partial charge in [0.1, 0.15) is 0 Å². The quantitative estimate of drug-likeness (QED) is 0.302. The van der Waals surface area contributed by atoms with Gasteiger partial charge in [-0.05, 0) is 25.0 Å². The number of hydrogen-bond donors (Lipinski definition) is 2. The van der Waals surface area contributed by atoms with Gasteiger partial charge in [-0.2, -0.15) is 0 Å². The summed E-state index contributed by atoms with van der Waals surface area (Å²) in [6, 6.07) is 6.09. The first-order valence-corrected chi connectivity index (χ1v) is 8.41. The molecule has 25 heavy (non-hydrogen) atoms. The Morgan fingerprint density at radius 1 is 1.40 bits per heavy atom. The highest BCUT2D eigenvalue weighted by Crippen LogP contribution is 2.31. The van der Waals surface area contributed by atoms with Crippen molar-refractivity contribution in [3.63, 3.8) is 0 Å². The molecule has 136 valence electrons. The minimum Gasteiger partial charge on any atom is -0.512 e. The van der Waals surface area contributed by atoms with E-state index < -0.39 is 11.0 Å². The van der Waals surface area contributed by atoms with Gasteiger partial charge in [-0.15, -0.1) is 0 Å². The van der Waals surface area contributed by atoms with E-state index in [0.717, 1.165) is 12.8 Å². The van der Waals surface area contributed by atoms with Crippen LogP contribution in [0.1, 0.15) is 51.6 Å². The lowest BCUT2D eigenvalue weighted by Gasteiger charge is -2.22. The van der Waals surface area contributed by atoms with E-state index in [-0.39, 0.29) is 22.9 Å². The Kier molecular flexibility index (Phi) is 8.15. The van der Waals surface area contributed by atoms with Gasteiger partial charge in [0.05, 0.1) is 16.7 Å². The van der Waals surface area contributed by atoms with E-state index in [0.29, 0.717) is 17.0 Å². The second-order valence-electron chi connectivity index (χ2n) is 5.71. The van der Waals surface area contributed by atoms with E-state index in [4.69, 9.17) is 11.6 Å². The zero-order valence-corrected chi connectivity index (χ0v) is 15.3. The third-order valence-electron chi connectivity index (χ3n) is 3.66. The van der Waals surface area contributed by atoms with Crippen LogP contribution in [0.25, 0.3) is 0 Å². The number of aliphatic hydroxyl groups is 1. The first-order valence-electron chi connectivity index (χ1n) is 8.04. The first kappa shape index (κ1) is 20.7. The van der Waals surface area contributed by atoms with Crippen molar-refractivity contribution in [3.8, 4) is 0 Å². The molecule has 0 fully saturated rings. The van der Waals surface area contributed by atoms with Gasteiger partial charge >= 0.3 is 0 Å². The number of nitrogens with one attached hydrogen (secondary N) is 1. The summed E-state index contributed by atoms with van der Waals surface area (Å²) in [5.74, 6) is -0.334. The van der Waals surface area contributed by atoms with Crippen LogP contribution in [0.4, 0.5) is 0 Å². The molecule has 7 heteroatoms. The molecular formula is C18H23ClN2O4. The van der Waals surface area contributed by atoms with Gasteiger partial charge in [-0.3, -0.25) is 14.9 Å². The molecule has 0 bridgehead atoms. The number of nitrogens with zero attached hydrogens (tertiary/aromatic N) is 1. The number of rotatable bonds is 8. The maximum Gasteiger partial charge on any atom is 0.243 e. The predicted molar refractivity (Wildman–Crippen MR) is 97.9 cm³/mol. The van der Waals surface area contributed by atoms with Crippen molar-refractivity contribution in [1.82, 2.24) is 5.32 Å². The monoisotopic (exact) mass is 366 g/mol. The normalized spacial score (nSPS) is 13.8. The number of carbonyl (C=O) groups is 1. The number of aliphatic hydroxyl groups excluding tert-OH is 1. The number of unbranched alkanes of at least 4 members (excludes halogenated alkanes) is 1. The number of benzene rings is 1. The Hall–Kier alpha value is -2.34. The predicted octanol–water partition coefficient (Wildman–Crippen LogP) is 4.70. The van der Waals surface area contributed by atoms with Gasteiger partial charge in [-0.1, -0.05) is 43.1 Å². The van der Waals surface area contributed by atoms with Crippen LogP contribution in [-0.4, -0.2) is 15.9 Å². The van der Waals surface area contributed by atoms with Crippen LogP contribution in [0.3, 0.4) is 0 Å². The summed E-state index contributed by atoms with van der Waals surface area (Å²) in [5, 5.41) is 24.3. The van der Waals surface area contributed by atoms with Crippen LogP contribution in [0.15, 0.2) is 47.4 Å². The molecule has 1 unspecified atom stereocenters. The first-order chi connectivity index (χ1) is 11.8. The standard InChI is InChI=1S/C18H23ClN2O4/c1-4-5-10-17(23)20-18(14-8-6-7-9-16(14)19)15(13(3)22)11-12(2)21(24)25/h6-9,11,18,22H,4-5,10H2,1-3H3,(H,20,23)/b12-11+,15-13-. The zero-order chi connectivity index (χ0) is 19.0. The fraction of sp³-hybridized carbons (Fsp3) is 0.389. The van der Waals surface area contributed by atoms with E-state index in [1.54, 1.807) is 24.3 Å². The molecule has 0 aliphatic rings. The molecule has 1 amide bonds. The second kappa shape index (κ2) is 9.84. The van der Waals surface area contributed by atoms with Crippen LogP contribution >= 0.6 is 11.6 Å². The Balaban J connectivity index is 3.36. The molecule has 6 nitrogen and oxygen atoms in total. The Bertz CT molecular complexity index is 694. The van der Waals surface area contributed by atoms with E-state index in [2.05, 4.69) is 5.32 Å². The van der Waals surface area contributed by atoms with Crippen molar-refractivity contribution >= 4 is 17.5 Å². The SMILES string of the molecule is CCCCC(=O)NC(C(/C=C(\C)[N+](=O)[O-])=C(/C)O)c1ccccc1Cl. The zero-order valence-electron chi connectivity index (χ0n) is 14.6. The maximum atomic E-state index is 12.2. The molecule has 0 aliphatic heterocycles. The minimum atomic E-state index is -0.780. The number of amides is 1. The Morgan fingerprint density at radius 2 is 2.04 bits per heavy atom. The fourth-order valence-electron chi connectivity index (χ4n) is 2.28. The summed E-state index contributed by atoms with van der Waals surface area (Å²) in [7, 11) is 0. The minimum absolute atomic E-state index is 0.123. The molecule has 1 atom stereocenters. The van der Waals surface area contributed by atoms with Gasteiger partial charge in [0.25, 0.3) is 0 Å². The lowest BCUT2D eigenvalue weighted by molar-refractivity contribution is -0.424. The lowest BCUT2D eigenvalue weighted by Crippen LogP contribution is -2.30. The van der Waals surface area contributed by atoms with Crippen LogP contribution in [0.2, 0.25) is 5.02 Å². The number of hydrogen-bond acceptors (Lipinski definition) is 4. The molecule has 0 aliphatic carbocycles. The highest BCUT2D eigenvalue weighted by Gasteiger charge is 2.23. The lowest BCUT2D eigenvalue weighted by atomic mass is 9.96. The summed E-state index contributed by atoms with van der Waals surface area (Å²) in [6.07, 6.45) is 3.17. The van der Waals surface area contributed by atoms with Crippen molar-refractivity contribution in [2.75, 3.05) is 0 Å². The average Bonchev–Trinajstić information content (AvgIpc) is 2.56. The fourth-order valence-corrected chi connectivity index (χ4v) is 2.52. The summed E-state index contributed by atoms with van der Waals surface area (Å²) >= 11 is 6.24. The Labute approximate surface area is 152 Å². The van der Waals surface area contributed by atoms with Crippen LogP contribution in [0, 0.1) is 10.1 Å². The van der Waals surface area contributed by atoms with Crippen molar-refractivity contribution < 1.29 is 14.8 Å². The van der Waals surface area contributed by atoms with E-state index in [1.165, 1.54) is 19.9 Å². The van der Waals surface area contributed by atoms with Crippen LogP contribution < -0.4 is 5.32 Å². The van der Waals surface area contributed by atoms with Gasteiger partial charge in [0.15, 0.2) is 0 Å². The van der Waals surface area contributed by atoms with Crippen molar-refractivity contribution in [3.05, 3.63) is 68.1 Å². The van der Waals surface area contributed by atoms with Gasteiger partial charge in [-0.25, -0.2) is 0 Å². The smallest absolute Gasteiger partial charge is 0.243 e. The Morgan fingerprint density at radius 3 is 2.56 bits per heavy atom. The van der Waals surface area contributed by atoms with E-state index >= 15 is 0 Å². The van der Waals surface area contributed by atoms with E-state index in [1.807, 2.05) is 6.92 Å². The van der Waals surface area contributed by atoms with Gasteiger partial charge < -0.3 is 10.4 Å². The summed E-state index contributed by atoms with van der Waals surface area (Å²) in [5.41, 5.74) is 0.639. The molecule has 0 aromatic heterocycles. The topological polar surface area (TPSA) is 92.5 Å². The summed E-state index contributed by atoms with van der Waals surface area (Å²) in [6.45, 7) is 4.72. The molecule has 0 heterocycles. The molecule has 1 aromatic carbocycles. The van der Waals surface area contributed by atoms with Crippen molar-refractivity contribution in [2.45, 2.75) is 46.1 Å². The van der Waals surface area contributed by atoms with Crippen LogP contribution in [-0.2, 0) is 4.79 Å². The summed E-state index contributed by atoms with van der Waals surface area (Å²) < 4.78 is 0. The maximum absolute atomic E-state index is 12.2. The van der Waals surface area contributed by atoms with E-state index in [9.17, 15) is 20.0 Å². The number of nitro groups is 1. The third kappa shape index (κ3) is 6.23. The van der Waals surface area contributed by atoms with Crippen molar-refractivity contribution in [2.24, 2.45) is 0 Å². The number of halogens is 1. The van der Waals surface area contributed by atoms with Crippen LogP contribution in [0.5, 0.6) is 0 Å². The molecular weight excluding hydrogens is 344 g/mol. The number of carbonyl (C=O) groups excluding carboxylic acids is 1. The third-order valence-corrected chi connectivity index (χ3v) is 4.00. The van der Waals surface area contributed by atoms with Gasteiger partial charge in [0, 0.05) is 30.0 Å². The highest BCUT2D eigenvalue weighted by molar-refractivity contribution is 6.31. The largest absolute Gasteiger partial charge is 0.512 e. The molecule has 0 radical (unpaired) electrons. The molecule has 1 rings (SSSR count). The second-order valence-corrected chi connectivity index (χ2v) is 6.12. The number of allylic oxidation sites excluding steroid dienone is 2. The molecule has 1 aromatic rings. The molecule has 2 N–H and O–H groups in total. The van der Waals surface area contributed by atoms with Gasteiger partial charge in [0.2, 0.25) is 11.6 Å².